The lowest BCUT2D eigenvalue weighted by molar-refractivity contribution is -0.137. The number of hydrogen-bond donors (Lipinski definition) is 1. The average molecular weight is 445 g/mol. The summed E-state index contributed by atoms with van der Waals surface area (Å²) in [6.07, 6.45) is -1.83. The van der Waals surface area contributed by atoms with E-state index in [2.05, 4.69) is 15.4 Å². The molecular weight excluding hydrogens is 423 g/mol. The second kappa shape index (κ2) is 8.97. The normalized spacial score (nSPS) is 17.8. The highest BCUT2D eigenvalue weighted by atomic mass is 19.4. The topological polar surface area (TPSA) is 77.9 Å². The van der Waals surface area contributed by atoms with Gasteiger partial charge in [0.2, 0.25) is 5.91 Å². The van der Waals surface area contributed by atoms with Gasteiger partial charge < -0.3 is 10.2 Å². The zero-order valence-corrected chi connectivity index (χ0v) is 17.2. The molecule has 0 unspecified atom stereocenters. The highest BCUT2D eigenvalue weighted by Crippen LogP contribution is 2.30. The summed E-state index contributed by atoms with van der Waals surface area (Å²) in [6.45, 7) is 1.12. The number of halogens is 3. The molecule has 7 nitrogen and oxygen atoms in total. The van der Waals surface area contributed by atoms with Crippen molar-refractivity contribution in [3.63, 3.8) is 0 Å². The Morgan fingerprint density at radius 1 is 1.03 bits per heavy atom. The van der Waals surface area contributed by atoms with Gasteiger partial charge in [-0.25, -0.2) is 9.99 Å². The van der Waals surface area contributed by atoms with Crippen LogP contribution in [-0.2, 0) is 15.8 Å². The van der Waals surface area contributed by atoms with E-state index in [0.29, 0.717) is 43.1 Å². The van der Waals surface area contributed by atoms with Crippen molar-refractivity contribution in [3.05, 3.63) is 54.2 Å². The Morgan fingerprint density at radius 2 is 1.75 bits per heavy atom. The lowest BCUT2D eigenvalue weighted by Crippen LogP contribution is -2.48. The molecule has 0 spiro atoms. The van der Waals surface area contributed by atoms with E-state index in [1.807, 2.05) is 11.0 Å². The van der Waals surface area contributed by atoms with Crippen molar-refractivity contribution in [2.24, 2.45) is 5.10 Å². The molecule has 1 saturated heterocycles. The third-order valence-electron chi connectivity index (χ3n) is 5.52. The molecule has 0 aliphatic carbocycles. The molecule has 10 heteroatoms. The van der Waals surface area contributed by atoms with Crippen LogP contribution in [0.15, 0.2) is 53.8 Å². The van der Waals surface area contributed by atoms with Crippen LogP contribution in [0.4, 0.5) is 24.7 Å². The van der Waals surface area contributed by atoms with Gasteiger partial charge in [-0.3, -0.25) is 9.59 Å². The molecule has 2 aromatic rings. The van der Waals surface area contributed by atoms with Crippen LogP contribution in [0.3, 0.4) is 0 Å². The molecule has 2 amide bonds. The molecule has 2 aliphatic rings. The number of piperidine rings is 1. The van der Waals surface area contributed by atoms with Crippen molar-refractivity contribution in [1.29, 1.82) is 0 Å². The lowest BCUT2D eigenvalue weighted by atomic mass is 10.0. The van der Waals surface area contributed by atoms with Crippen LogP contribution in [0.5, 0.6) is 0 Å². The third kappa shape index (κ3) is 4.90. The average Bonchev–Trinajstić information content (AvgIpc) is 2.80. The predicted octanol–water partition coefficient (Wildman–Crippen LogP) is 3.37. The maximum Gasteiger partial charge on any atom is 0.417 e. The Balaban J connectivity index is 1.34. The largest absolute Gasteiger partial charge is 0.417 e. The Kier molecular flexibility index (Phi) is 6.11. The van der Waals surface area contributed by atoms with Gasteiger partial charge in [0, 0.05) is 38.2 Å². The van der Waals surface area contributed by atoms with Gasteiger partial charge in [-0.2, -0.15) is 18.3 Å². The SMILES string of the molecule is O=C(NC1CCN(c2ccc(C(F)(F)F)cn2)CC1)C1=NN(c2ccccc2)C(=O)CC1. The number of aromatic nitrogens is 1. The van der Waals surface area contributed by atoms with Gasteiger partial charge in [-0.15, -0.1) is 0 Å². The first-order valence-electron chi connectivity index (χ1n) is 10.4. The third-order valence-corrected chi connectivity index (χ3v) is 5.52. The van der Waals surface area contributed by atoms with Crippen LogP contribution < -0.4 is 15.2 Å². The highest BCUT2D eigenvalue weighted by Gasteiger charge is 2.31. The molecule has 0 radical (unpaired) electrons. The highest BCUT2D eigenvalue weighted by molar-refractivity contribution is 6.40. The number of anilines is 2. The molecule has 0 saturated carbocycles. The lowest BCUT2D eigenvalue weighted by Gasteiger charge is -2.33. The standard InChI is InChI=1S/C22H22F3N5O2/c23-22(24,25)15-6-8-19(26-14-15)29-12-10-16(11-13-29)27-21(32)18-7-9-20(31)30(28-18)17-4-2-1-3-5-17/h1-6,8,14,16H,7,9-13H2,(H,27,32). The summed E-state index contributed by atoms with van der Waals surface area (Å²) in [4.78, 5) is 30.8. The van der Waals surface area contributed by atoms with E-state index >= 15 is 0 Å². The fourth-order valence-electron chi connectivity index (χ4n) is 3.75. The molecule has 1 aromatic heterocycles. The molecule has 1 fully saturated rings. The molecule has 32 heavy (non-hydrogen) atoms. The minimum atomic E-state index is -4.41. The summed E-state index contributed by atoms with van der Waals surface area (Å²) >= 11 is 0. The minimum absolute atomic E-state index is 0.0845. The number of benzene rings is 1. The van der Waals surface area contributed by atoms with Gasteiger partial charge in [-0.05, 0) is 37.1 Å². The summed E-state index contributed by atoms with van der Waals surface area (Å²) in [6, 6.07) is 11.3. The molecule has 1 N–H and O–H groups in total. The number of hydrogen-bond acceptors (Lipinski definition) is 5. The molecule has 168 valence electrons. The van der Waals surface area contributed by atoms with Gasteiger partial charge in [0.15, 0.2) is 0 Å². The number of pyridine rings is 1. The number of carbonyl (C=O) groups excluding carboxylic acids is 2. The number of nitrogens with one attached hydrogen (secondary N) is 1. The number of hydrazone groups is 1. The second-order valence-electron chi connectivity index (χ2n) is 7.73. The maximum atomic E-state index is 12.7. The number of rotatable bonds is 4. The molecule has 0 atom stereocenters. The number of carbonyl (C=O) groups is 2. The molecule has 3 heterocycles. The van der Waals surface area contributed by atoms with Crippen molar-refractivity contribution >= 4 is 29.0 Å². The molecule has 2 aliphatic heterocycles. The van der Waals surface area contributed by atoms with Crippen molar-refractivity contribution in [2.45, 2.75) is 37.9 Å². The van der Waals surface area contributed by atoms with E-state index < -0.39 is 11.7 Å². The van der Waals surface area contributed by atoms with Crippen LogP contribution in [0.1, 0.15) is 31.2 Å². The summed E-state index contributed by atoms with van der Waals surface area (Å²) in [5, 5.41) is 8.50. The summed E-state index contributed by atoms with van der Waals surface area (Å²) in [5.74, 6) is 0.0195. The Morgan fingerprint density at radius 3 is 2.38 bits per heavy atom. The summed E-state index contributed by atoms with van der Waals surface area (Å²) < 4.78 is 38.1. The number of para-hydroxylation sites is 1. The summed E-state index contributed by atoms with van der Waals surface area (Å²) in [7, 11) is 0. The quantitative estimate of drug-likeness (QED) is 0.783. The monoisotopic (exact) mass is 445 g/mol. The van der Waals surface area contributed by atoms with E-state index in [1.54, 1.807) is 24.3 Å². The van der Waals surface area contributed by atoms with Crippen molar-refractivity contribution in [3.8, 4) is 0 Å². The van der Waals surface area contributed by atoms with Crippen LogP contribution in [0.2, 0.25) is 0 Å². The zero-order chi connectivity index (χ0) is 22.7. The molecule has 1 aromatic carbocycles. The first-order valence-corrected chi connectivity index (χ1v) is 10.4. The smallest absolute Gasteiger partial charge is 0.356 e. The fraction of sp³-hybridized carbons (Fsp3) is 0.364. The molecule has 4 rings (SSSR count). The van der Waals surface area contributed by atoms with Crippen LogP contribution in [0, 0.1) is 0 Å². The van der Waals surface area contributed by atoms with E-state index in [-0.39, 0.29) is 30.7 Å². The maximum absolute atomic E-state index is 12.7. The van der Waals surface area contributed by atoms with Gasteiger partial charge in [0.25, 0.3) is 5.91 Å². The number of amides is 2. The number of alkyl halides is 3. The van der Waals surface area contributed by atoms with Gasteiger partial charge in [-0.1, -0.05) is 18.2 Å². The van der Waals surface area contributed by atoms with Crippen LogP contribution >= 0.6 is 0 Å². The predicted molar refractivity (Wildman–Crippen MR) is 113 cm³/mol. The number of nitrogens with zero attached hydrogens (tertiary/aromatic N) is 4. The molecule has 0 bridgehead atoms. The summed E-state index contributed by atoms with van der Waals surface area (Å²) in [5.41, 5.74) is 0.139. The van der Waals surface area contributed by atoms with Gasteiger partial charge in [0.05, 0.1) is 11.3 Å². The Labute approximate surface area is 182 Å². The van der Waals surface area contributed by atoms with E-state index in [9.17, 15) is 22.8 Å². The minimum Gasteiger partial charge on any atom is -0.356 e. The van der Waals surface area contributed by atoms with Gasteiger partial charge >= 0.3 is 6.18 Å². The Hall–Kier alpha value is -3.43. The Bertz CT molecular complexity index is 1000. The first kappa shape index (κ1) is 21.8. The zero-order valence-electron chi connectivity index (χ0n) is 17.2. The van der Waals surface area contributed by atoms with Crippen LogP contribution in [0.25, 0.3) is 0 Å². The van der Waals surface area contributed by atoms with Crippen molar-refractivity contribution < 1.29 is 22.8 Å². The molecular formula is C22H22F3N5O2. The van der Waals surface area contributed by atoms with E-state index in [0.717, 1.165) is 12.3 Å². The second-order valence-corrected chi connectivity index (χ2v) is 7.73. The first-order chi connectivity index (χ1) is 15.3. The van der Waals surface area contributed by atoms with Crippen molar-refractivity contribution in [1.82, 2.24) is 10.3 Å². The van der Waals surface area contributed by atoms with Crippen molar-refractivity contribution in [2.75, 3.05) is 23.0 Å². The van der Waals surface area contributed by atoms with Crippen LogP contribution in [-0.4, -0.2) is 41.6 Å². The van der Waals surface area contributed by atoms with E-state index in [4.69, 9.17) is 0 Å². The fourth-order valence-corrected chi connectivity index (χ4v) is 3.75. The van der Waals surface area contributed by atoms with Gasteiger partial charge in [0.1, 0.15) is 11.5 Å². The van der Waals surface area contributed by atoms with E-state index in [1.165, 1.54) is 11.1 Å².